The lowest BCUT2D eigenvalue weighted by atomic mass is 10.8. The third-order valence-corrected chi connectivity index (χ3v) is 0.714. The summed E-state index contributed by atoms with van der Waals surface area (Å²) in [6.45, 7) is 1.33. The van der Waals surface area contributed by atoms with Gasteiger partial charge in [-0.25, -0.2) is 9.78 Å². The minimum absolute atomic E-state index is 0. The number of hydrogen-bond donors (Lipinski definition) is 0. The summed E-state index contributed by atoms with van der Waals surface area (Å²) in [5.74, 6) is -0.354. The van der Waals surface area contributed by atoms with Gasteiger partial charge in [0.05, 0.1) is 6.20 Å². The van der Waals surface area contributed by atoms with Crippen molar-refractivity contribution in [2.24, 2.45) is 0 Å². The van der Waals surface area contributed by atoms with Crippen molar-refractivity contribution in [2.45, 2.75) is 6.92 Å². The maximum absolute atomic E-state index is 10.2. The minimum atomic E-state index is -0.354. The van der Waals surface area contributed by atoms with Crippen LogP contribution >= 0.6 is 12.4 Å². The first-order chi connectivity index (χ1) is 4.29. The van der Waals surface area contributed by atoms with E-state index in [2.05, 4.69) is 9.82 Å². The Bertz CT molecular complexity index is 197. The molecule has 0 amide bonds. The van der Waals surface area contributed by atoms with Gasteiger partial charge in [-0.15, -0.1) is 12.4 Å². The number of carbonyl (C=O) groups excluding carboxylic acids is 1. The highest BCUT2D eigenvalue weighted by Gasteiger charge is 1.91. The molecular weight excluding hydrogens is 156 g/mol. The summed E-state index contributed by atoms with van der Waals surface area (Å²) in [6.07, 6.45) is 4.48. The standard InChI is InChI=1S/C5H6N2O2.ClH/c1-5(8)9-7-3-2-6-4-7;/h2-4H,1H3;1H. The van der Waals surface area contributed by atoms with Crippen LogP contribution < -0.4 is 4.84 Å². The second-order valence-electron chi connectivity index (χ2n) is 1.51. The van der Waals surface area contributed by atoms with E-state index in [1.807, 2.05) is 0 Å². The lowest BCUT2D eigenvalue weighted by Crippen LogP contribution is -2.13. The van der Waals surface area contributed by atoms with Gasteiger partial charge in [0.1, 0.15) is 6.33 Å². The number of imidazole rings is 1. The zero-order valence-electron chi connectivity index (χ0n) is 5.35. The summed E-state index contributed by atoms with van der Waals surface area (Å²) in [5.41, 5.74) is 0. The van der Waals surface area contributed by atoms with Crippen LogP contribution in [0.5, 0.6) is 0 Å². The Labute approximate surface area is 64.2 Å². The van der Waals surface area contributed by atoms with Crippen LogP contribution in [0.25, 0.3) is 0 Å². The highest BCUT2D eigenvalue weighted by molar-refractivity contribution is 5.85. The van der Waals surface area contributed by atoms with E-state index >= 15 is 0 Å². The van der Waals surface area contributed by atoms with Crippen molar-refractivity contribution in [3.63, 3.8) is 0 Å². The van der Waals surface area contributed by atoms with Gasteiger partial charge in [0.15, 0.2) is 0 Å². The Morgan fingerprint density at radius 3 is 2.80 bits per heavy atom. The molecule has 0 saturated heterocycles. The lowest BCUT2D eigenvalue weighted by molar-refractivity contribution is -0.141. The van der Waals surface area contributed by atoms with E-state index in [4.69, 9.17) is 0 Å². The Balaban J connectivity index is 0.000000810. The highest BCUT2D eigenvalue weighted by atomic mass is 35.5. The van der Waals surface area contributed by atoms with Crippen LogP contribution in [-0.4, -0.2) is 15.7 Å². The minimum Gasteiger partial charge on any atom is -0.336 e. The van der Waals surface area contributed by atoms with Crippen LogP contribution in [0.4, 0.5) is 0 Å². The third kappa shape index (κ3) is 2.50. The molecule has 0 bridgehead atoms. The maximum atomic E-state index is 10.2. The predicted octanol–water partition coefficient (Wildman–Crippen LogP) is 0.280. The van der Waals surface area contributed by atoms with Gasteiger partial charge in [-0.3, -0.25) is 0 Å². The van der Waals surface area contributed by atoms with Crippen LogP contribution in [0.2, 0.25) is 0 Å². The van der Waals surface area contributed by atoms with Gasteiger partial charge in [-0.05, 0) is 0 Å². The van der Waals surface area contributed by atoms with E-state index in [9.17, 15) is 4.79 Å². The normalized spacial score (nSPS) is 8.10. The van der Waals surface area contributed by atoms with Crippen molar-refractivity contribution in [3.05, 3.63) is 18.7 Å². The van der Waals surface area contributed by atoms with Crippen LogP contribution in [0.15, 0.2) is 18.7 Å². The van der Waals surface area contributed by atoms with Crippen molar-refractivity contribution >= 4 is 18.4 Å². The summed E-state index contributed by atoms with van der Waals surface area (Å²) in [5, 5.41) is 0. The van der Waals surface area contributed by atoms with Crippen molar-refractivity contribution in [3.8, 4) is 0 Å². The van der Waals surface area contributed by atoms with Crippen molar-refractivity contribution < 1.29 is 9.63 Å². The Kier molecular flexibility index (Phi) is 3.49. The topological polar surface area (TPSA) is 44.1 Å². The molecule has 1 rings (SSSR count). The second-order valence-corrected chi connectivity index (χ2v) is 1.51. The van der Waals surface area contributed by atoms with Crippen molar-refractivity contribution in [2.75, 3.05) is 0 Å². The molecule has 0 aliphatic heterocycles. The molecule has 1 aromatic heterocycles. The molecule has 0 atom stereocenters. The molecule has 0 aromatic carbocycles. The summed E-state index contributed by atoms with van der Waals surface area (Å²) < 4.78 is 1.24. The highest BCUT2D eigenvalue weighted by Crippen LogP contribution is 1.79. The largest absolute Gasteiger partial charge is 0.336 e. The van der Waals surface area contributed by atoms with Gasteiger partial charge < -0.3 is 4.84 Å². The summed E-state index contributed by atoms with van der Waals surface area (Å²) in [7, 11) is 0. The van der Waals surface area contributed by atoms with E-state index < -0.39 is 0 Å². The van der Waals surface area contributed by atoms with Gasteiger partial charge >= 0.3 is 5.97 Å². The first-order valence-corrected chi connectivity index (χ1v) is 2.46. The van der Waals surface area contributed by atoms with Gasteiger partial charge in [-0.1, -0.05) is 0 Å². The number of rotatable bonds is 1. The second kappa shape index (κ2) is 3.90. The van der Waals surface area contributed by atoms with Crippen LogP contribution in [-0.2, 0) is 4.79 Å². The Morgan fingerprint density at radius 2 is 2.40 bits per heavy atom. The van der Waals surface area contributed by atoms with Crippen LogP contribution in [0.1, 0.15) is 6.92 Å². The molecule has 10 heavy (non-hydrogen) atoms. The van der Waals surface area contributed by atoms with E-state index in [0.717, 1.165) is 0 Å². The van der Waals surface area contributed by atoms with E-state index in [-0.39, 0.29) is 18.4 Å². The van der Waals surface area contributed by atoms with Crippen molar-refractivity contribution in [1.29, 1.82) is 0 Å². The molecule has 0 radical (unpaired) electrons. The van der Waals surface area contributed by atoms with Gasteiger partial charge in [0.25, 0.3) is 0 Å². The molecule has 0 unspecified atom stereocenters. The van der Waals surface area contributed by atoms with Gasteiger partial charge in [-0.2, -0.15) is 4.73 Å². The Morgan fingerprint density at radius 1 is 1.70 bits per heavy atom. The maximum Gasteiger partial charge on any atom is 0.329 e. The number of nitrogens with zero attached hydrogens (tertiary/aromatic N) is 2. The van der Waals surface area contributed by atoms with Crippen molar-refractivity contribution in [1.82, 2.24) is 9.71 Å². The van der Waals surface area contributed by atoms with Gasteiger partial charge in [0.2, 0.25) is 0 Å². The van der Waals surface area contributed by atoms with Crippen LogP contribution in [0, 0.1) is 0 Å². The number of carbonyl (C=O) groups is 1. The average molecular weight is 163 g/mol. The molecular formula is C5H7ClN2O2. The zero-order chi connectivity index (χ0) is 6.69. The van der Waals surface area contributed by atoms with Gasteiger partial charge in [0, 0.05) is 13.1 Å². The lowest BCUT2D eigenvalue weighted by Gasteiger charge is -1.96. The SMILES string of the molecule is CC(=O)On1ccnc1.Cl. The smallest absolute Gasteiger partial charge is 0.329 e. The first-order valence-electron chi connectivity index (χ1n) is 2.46. The average Bonchev–Trinajstić information content (AvgIpc) is 2.15. The summed E-state index contributed by atoms with van der Waals surface area (Å²) in [4.78, 5) is 18.5. The fraction of sp³-hybridized carbons (Fsp3) is 0.200. The van der Waals surface area contributed by atoms with E-state index in [1.54, 1.807) is 6.20 Å². The first kappa shape index (κ1) is 8.97. The molecule has 0 N–H and O–H groups in total. The van der Waals surface area contributed by atoms with E-state index in [0.29, 0.717) is 0 Å². The zero-order valence-corrected chi connectivity index (χ0v) is 6.17. The van der Waals surface area contributed by atoms with E-state index in [1.165, 1.54) is 24.2 Å². The molecule has 56 valence electrons. The van der Waals surface area contributed by atoms with Crippen LogP contribution in [0.3, 0.4) is 0 Å². The molecule has 0 fully saturated rings. The number of halogens is 1. The molecule has 4 nitrogen and oxygen atoms in total. The molecule has 0 saturated carbocycles. The Hall–Kier alpha value is -1.03. The quantitative estimate of drug-likeness (QED) is 0.596. The summed E-state index contributed by atoms with van der Waals surface area (Å²) >= 11 is 0. The molecule has 5 heteroatoms. The molecule has 0 spiro atoms. The molecule has 0 aliphatic rings. The molecule has 1 aromatic rings. The molecule has 0 aliphatic carbocycles. The fourth-order valence-electron chi connectivity index (χ4n) is 0.449. The number of hydrogen-bond acceptors (Lipinski definition) is 3. The monoisotopic (exact) mass is 162 g/mol. The molecule has 1 heterocycles. The third-order valence-electron chi connectivity index (χ3n) is 0.714. The fourth-order valence-corrected chi connectivity index (χ4v) is 0.449. The summed E-state index contributed by atoms with van der Waals surface area (Å²) in [6, 6.07) is 0. The predicted molar refractivity (Wildman–Crippen MR) is 36.7 cm³/mol. The number of aromatic nitrogens is 2.